The monoisotopic (exact) mass is 220 g/mol. The summed E-state index contributed by atoms with van der Waals surface area (Å²) in [7, 11) is 0. The molecule has 5 heteroatoms. The summed E-state index contributed by atoms with van der Waals surface area (Å²) in [5, 5.41) is 14.4. The predicted octanol–water partition coefficient (Wildman–Crippen LogP) is 2.40. The van der Waals surface area contributed by atoms with Crippen LogP contribution >= 0.6 is 11.3 Å². The molecule has 0 bridgehead atoms. The molecule has 0 spiro atoms. The van der Waals surface area contributed by atoms with Gasteiger partial charge in [-0.3, -0.25) is 4.79 Å². The van der Waals surface area contributed by atoms with E-state index in [9.17, 15) is 4.79 Å². The lowest BCUT2D eigenvalue weighted by Gasteiger charge is -2.01. The Morgan fingerprint density at radius 2 is 2.07 bits per heavy atom. The van der Waals surface area contributed by atoms with Crippen molar-refractivity contribution >= 4 is 28.4 Å². The van der Waals surface area contributed by atoms with Crippen molar-refractivity contribution in [2.24, 2.45) is 0 Å². The highest BCUT2D eigenvalue weighted by Crippen LogP contribution is 2.21. The molecule has 15 heavy (non-hydrogen) atoms. The molecular weight excluding hydrogens is 212 g/mol. The van der Waals surface area contributed by atoms with Crippen LogP contribution in [0.3, 0.4) is 0 Å². The third kappa shape index (κ3) is 2.32. The fraction of sp³-hybridized carbons (Fsp3) is 0. The number of nitrogens with one attached hydrogen (secondary N) is 1. The summed E-state index contributed by atoms with van der Waals surface area (Å²) >= 11 is 1.36. The topological polar surface area (TPSA) is 62.2 Å². The van der Waals surface area contributed by atoms with Crippen LogP contribution < -0.4 is 5.32 Å². The van der Waals surface area contributed by atoms with E-state index in [0.717, 1.165) is 5.69 Å². The van der Waals surface area contributed by atoms with E-state index in [1.807, 2.05) is 0 Å². The first-order valence-corrected chi connectivity index (χ1v) is 5.12. The summed E-state index contributed by atoms with van der Waals surface area (Å²) in [6.07, 6.45) is 0.707. The Bertz CT molecular complexity index is 465. The molecule has 76 valence electrons. The van der Waals surface area contributed by atoms with Crippen LogP contribution in [0.15, 0.2) is 29.6 Å². The zero-order chi connectivity index (χ0) is 10.7. The van der Waals surface area contributed by atoms with Crippen molar-refractivity contribution < 1.29 is 9.90 Å². The van der Waals surface area contributed by atoms with Crippen LogP contribution in [0.4, 0.5) is 10.8 Å². The Kier molecular flexibility index (Phi) is 2.64. The molecule has 1 aromatic heterocycles. The highest BCUT2D eigenvalue weighted by atomic mass is 32.1. The molecule has 1 aromatic carbocycles. The number of aldehydes is 1. The van der Waals surface area contributed by atoms with Crippen LogP contribution in [0.25, 0.3) is 0 Å². The fourth-order valence-electron chi connectivity index (χ4n) is 1.07. The number of aromatic nitrogens is 1. The standard InChI is InChI=1S/C10H8N2O2S/c13-5-8-6-15-10(12-8)11-7-1-3-9(14)4-2-7/h1-6,14H,(H,11,12). The summed E-state index contributed by atoms with van der Waals surface area (Å²) in [5.41, 5.74) is 1.24. The number of hydrogen-bond donors (Lipinski definition) is 2. The Morgan fingerprint density at radius 3 is 2.67 bits per heavy atom. The molecule has 2 rings (SSSR count). The molecule has 0 amide bonds. The van der Waals surface area contributed by atoms with Crippen molar-refractivity contribution in [3.8, 4) is 5.75 Å². The summed E-state index contributed by atoms with van der Waals surface area (Å²) in [6.45, 7) is 0. The van der Waals surface area contributed by atoms with Crippen molar-refractivity contribution in [3.63, 3.8) is 0 Å². The van der Waals surface area contributed by atoms with Crippen LogP contribution in [-0.2, 0) is 0 Å². The third-order valence-electron chi connectivity index (χ3n) is 1.76. The Labute approximate surface area is 90.2 Å². The minimum Gasteiger partial charge on any atom is -0.508 e. The van der Waals surface area contributed by atoms with Gasteiger partial charge in [-0.2, -0.15) is 0 Å². The number of aromatic hydroxyl groups is 1. The first-order chi connectivity index (χ1) is 7.28. The molecule has 4 nitrogen and oxygen atoms in total. The van der Waals surface area contributed by atoms with Gasteiger partial charge in [0.2, 0.25) is 0 Å². The number of phenols is 1. The van der Waals surface area contributed by atoms with Crippen LogP contribution in [0.2, 0.25) is 0 Å². The van der Waals surface area contributed by atoms with Crippen molar-refractivity contribution in [2.75, 3.05) is 5.32 Å². The van der Waals surface area contributed by atoms with E-state index in [1.54, 1.807) is 29.6 Å². The lowest BCUT2D eigenvalue weighted by Crippen LogP contribution is -1.89. The highest BCUT2D eigenvalue weighted by Gasteiger charge is 2.00. The van der Waals surface area contributed by atoms with E-state index in [-0.39, 0.29) is 5.75 Å². The number of carbonyl (C=O) groups is 1. The van der Waals surface area contributed by atoms with Gasteiger partial charge in [-0.05, 0) is 24.3 Å². The summed E-state index contributed by atoms with van der Waals surface area (Å²) in [4.78, 5) is 14.4. The SMILES string of the molecule is O=Cc1csc(Nc2ccc(O)cc2)n1. The number of carbonyl (C=O) groups excluding carboxylic acids is 1. The molecule has 0 radical (unpaired) electrons. The first-order valence-electron chi connectivity index (χ1n) is 4.25. The number of phenolic OH excluding ortho intramolecular Hbond substituents is 1. The number of rotatable bonds is 3. The molecule has 1 heterocycles. The molecule has 2 aromatic rings. The van der Waals surface area contributed by atoms with E-state index < -0.39 is 0 Å². The zero-order valence-electron chi connectivity index (χ0n) is 7.68. The van der Waals surface area contributed by atoms with E-state index in [0.29, 0.717) is 17.1 Å². The van der Waals surface area contributed by atoms with Gasteiger partial charge in [-0.25, -0.2) is 4.98 Å². The van der Waals surface area contributed by atoms with Gasteiger partial charge in [0.1, 0.15) is 11.4 Å². The molecule has 2 N–H and O–H groups in total. The normalized spacial score (nSPS) is 9.87. The van der Waals surface area contributed by atoms with Gasteiger partial charge in [0.15, 0.2) is 11.4 Å². The molecule has 0 saturated carbocycles. The minimum absolute atomic E-state index is 0.216. The van der Waals surface area contributed by atoms with E-state index in [4.69, 9.17) is 5.11 Å². The van der Waals surface area contributed by atoms with Gasteiger partial charge in [-0.15, -0.1) is 11.3 Å². The lowest BCUT2D eigenvalue weighted by molar-refractivity contribution is 0.111. The second kappa shape index (κ2) is 4.10. The molecule has 0 saturated heterocycles. The smallest absolute Gasteiger partial charge is 0.187 e. The summed E-state index contributed by atoms with van der Waals surface area (Å²) in [5.74, 6) is 0.216. The maximum atomic E-state index is 10.4. The number of hydrogen-bond acceptors (Lipinski definition) is 5. The number of benzene rings is 1. The van der Waals surface area contributed by atoms with Crippen LogP contribution in [-0.4, -0.2) is 16.4 Å². The molecule has 0 unspecified atom stereocenters. The average molecular weight is 220 g/mol. The Morgan fingerprint density at radius 1 is 1.33 bits per heavy atom. The molecule has 0 atom stereocenters. The van der Waals surface area contributed by atoms with Gasteiger partial charge in [0, 0.05) is 11.1 Å². The van der Waals surface area contributed by atoms with Crippen LogP contribution in [0.1, 0.15) is 10.5 Å². The van der Waals surface area contributed by atoms with E-state index in [1.165, 1.54) is 11.3 Å². The second-order valence-electron chi connectivity index (χ2n) is 2.87. The predicted molar refractivity (Wildman–Crippen MR) is 58.9 cm³/mol. The molecular formula is C10H8N2O2S. The quantitative estimate of drug-likeness (QED) is 0.616. The first kappa shape index (κ1) is 9.67. The number of thiazole rings is 1. The Balaban J connectivity index is 2.14. The maximum Gasteiger partial charge on any atom is 0.187 e. The number of anilines is 2. The van der Waals surface area contributed by atoms with Gasteiger partial charge < -0.3 is 10.4 Å². The molecule has 0 aliphatic rings. The van der Waals surface area contributed by atoms with Gasteiger partial charge in [-0.1, -0.05) is 0 Å². The van der Waals surface area contributed by atoms with Crippen molar-refractivity contribution in [2.45, 2.75) is 0 Å². The van der Waals surface area contributed by atoms with Crippen molar-refractivity contribution in [1.82, 2.24) is 4.98 Å². The second-order valence-corrected chi connectivity index (χ2v) is 3.73. The van der Waals surface area contributed by atoms with Crippen molar-refractivity contribution in [3.05, 3.63) is 35.3 Å². The highest BCUT2D eigenvalue weighted by molar-refractivity contribution is 7.13. The van der Waals surface area contributed by atoms with Gasteiger partial charge in [0.25, 0.3) is 0 Å². The summed E-state index contributed by atoms with van der Waals surface area (Å²) < 4.78 is 0. The minimum atomic E-state index is 0.216. The molecule has 0 aliphatic carbocycles. The Hall–Kier alpha value is -1.88. The van der Waals surface area contributed by atoms with E-state index >= 15 is 0 Å². The summed E-state index contributed by atoms with van der Waals surface area (Å²) in [6, 6.07) is 6.63. The van der Waals surface area contributed by atoms with Gasteiger partial charge >= 0.3 is 0 Å². The fourth-order valence-corrected chi connectivity index (χ4v) is 1.74. The van der Waals surface area contributed by atoms with Gasteiger partial charge in [0.05, 0.1) is 0 Å². The van der Waals surface area contributed by atoms with Crippen molar-refractivity contribution in [1.29, 1.82) is 0 Å². The largest absolute Gasteiger partial charge is 0.508 e. The van der Waals surface area contributed by atoms with E-state index in [2.05, 4.69) is 10.3 Å². The average Bonchev–Trinajstić information content (AvgIpc) is 2.69. The van der Waals surface area contributed by atoms with Crippen LogP contribution in [0, 0.1) is 0 Å². The maximum absolute atomic E-state index is 10.4. The number of nitrogens with zero attached hydrogens (tertiary/aromatic N) is 1. The molecule has 0 fully saturated rings. The zero-order valence-corrected chi connectivity index (χ0v) is 8.49. The third-order valence-corrected chi connectivity index (χ3v) is 2.54. The van der Waals surface area contributed by atoms with Crippen LogP contribution in [0.5, 0.6) is 5.75 Å². The lowest BCUT2D eigenvalue weighted by atomic mass is 10.3. The molecule has 0 aliphatic heterocycles.